The number of amides is 1. The largest absolute Gasteiger partial charge is 0.497 e. The molecule has 0 aromatic heterocycles. The summed E-state index contributed by atoms with van der Waals surface area (Å²) in [7, 11) is -0.942. The molecule has 1 aliphatic heterocycles. The van der Waals surface area contributed by atoms with Gasteiger partial charge >= 0.3 is 0 Å². The lowest BCUT2D eigenvalue weighted by Crippen LogP contribution is -2.51. The predicted octanol–water partition coefficient (Wildman–Crippen LogP) is 2.72. The van der Waals surface area contributed by atoms with Crippen LogP contribution in [0.4, 0.5) is 5.69 Å². The van der Waals surface area contributed by atoms with Crippen LogP contribution in [0.1, 0.15) is 6.92 Å². The monoisotopic (exact) mass is 481 g/mol. The van der Waals surface area contributed by atoms with E-state index in [1.54, 1.807) is 25.0 Å². The number of rotatable bonds is 8. The van der Waals surface area contributed by atoms with Crippen molar-refractivity contribution in [2.45, 2.75) is 11.8 Å². The van der Waals surface area contributed by atoms with Crippen molar-refractivity contribution in [3.8, 4) is 11.5 Å². The normalized spacial score (nSPS) is 14.5. The average Bonchev–Trinajstić information content (AvgIpc) is 2.80. The molecule has 1 saturated heterocycles. The van der Waals surface area contributed by atoms with Crippen LogP contribution in [-0.4, -0.2) is 77.0 Å². The van der Waals surface area contributed by atoms with E-state index in [1.807, 2.05) is 24.3 Å². The van der Waals surface area contributed by atoms with E-state index in [1.165, 1.54) is 19.2 Å². The van der Waals surface area contributed by atoms with Gasteiger partial charge in [0.25, 0.3) is 0 Å². The number of sulfonamides is 1. The molecule has 0 aliphatic carbocycles. The molecule has 1 heterocycles. The maximum absolute atomic E-state index is 13.1. The van der Waals surface area contributed by atoms with Gasteiger partial charge in [0, 0.05) is 43.9 Å². The fourth-order valence-corrected chi connectivity index (χ4v) is 5.02. The standard InChI is InChI=1S/C22H28ClN3O5S/c1-4-31-20-10-5-17(23)15-21(20)32(28,29)24(2)16-22(27)26-13-11-25(12-14-26)18-6-8-19(30-3)9-7-18/h5-10,15H,4,11-14,16H2,1-3H3. The zero-order valence-electron chi connectivity index (χ0n) is 18.5. The number of likely N-dealkylation sites (N-methyl/N-ethyl adjacent to an activating group) is 1. The molecule has 2 aromatic carbocycles. The highest BCUT2D eigenvalue weighted by Gasteiger charge is 2.29. The number of methoxy groups -OCH3 is 1. The Balaban J connectivity index is 1.63. The zero-order valence-corrected chi connectivity index (χ0v) is 20.0. The van der Waals surface area contributed by atoms with E-state index in [2.05, 4.69) is 4.90 Å². The number of nitrogens with zero attached hydrogens (tertiary/aromatic N) is 3. The average molecular weight is 482 g/mol. The summed E-state index contributed by atoms with van der Waals surface area (Å²) < 4.78 is 37.8. The highest BCUT2D eigenvalue weighted by atomic mass is 35.5. The van der Waals surface area contributed by atoms with Crippen LogP contribution in [-0.2, 0) is 14.8 Å². The van der Waals surface area contributed by atoms with Crippen LogP contribution in [0.25, 0.3) is 0 Å². The molecular weight excluding hydrogens is 454 g/mol. The number of carbonyl (C=O) groups excluding carboxylic acids is 1. The number of benzene rings is 2. The van der Waals surface area contributed by atoms with Gasteiger partial charge in [-0.3, -0.25) is 4.79 Å². The van der Waals surface area contributed by atoms with Crippen LogP contribution in [0.5, 0.6) is 11.5 Å². The van der Waals surface area contributed by atoms with Crippen LogP contribution in [0.2, 0.25) is 5.02 Å². The molecule has 1 fully saturated rings. The van der Waals surface area contributed by atoms with Gasteiger partial charge in [0.2, 0.25) is 15.9 Å². The first-order chi connectivity index (χ1) is 15.3. The van der Waals surface area contributed by atoms with Gasteiger partial charge in [-0.25, -0.2) is 8.42 Å². The van der Waals surface area contributed by atoms with Crippen LogP contribution in [0.3, 0.4) is 0 Å². The van der Waals surface area contributed by atoms with E-state index in [9.17, 15) is 13.2 Å². The summed E-state index contributed by atoms with van der Waals surface area (Å²) in [4.78, 5) is 16.6. The van der Waals surface area contributed by atoms with Crippen LogP contribution in [0.15, 0.2) is 47.4 Å². The Bertz CT molecular complexity index is 1040. The van der Waals surface area contributed by atoms with Gasteiger partial charge in [0.05, 0.1) is 20.3 Å². The SMILES string of the molecule is CCOc1ccc(Cl)cc1S(=O)(=O)N(C)CC(=O)N1CCN(c2ccc(OC)cc2)CC1. The Morgan fingerprint density at radius 3 is 2.34 bits per heavy atom. The second-order valence-corrected chi connectivity index (χ2v) is 9.80. The van der Waals surface area contributed by atoms with Gasteiger partial charge in [-0.2, -0.15) is 4.31 Å². The smallest absolute Gasteiger partial charge is 0.247 e. The van der Waals surface area contributed by atoms with Crippen LogP contribution < -0.4 is 14.4 Å². The maximum Gasteiger partial charge on any atom is 0.247 e. The van der Waals surface area contributed by atoms with E-state index >= 15 is 0 Å². The molecule has 0 N–H and O–H groups in total. The fourth-order valence-electron chi connectivity index (χ4n) is 3.51. The van der Waals surface area contributed by atoms with Crippen molar-refractivity contribution in [2.75, 3.05) is 58.4 Å². The summed E-state index contributed by atoms with van der Waals surface area (Å²) in [6.07, 6.45) is 0. The molecule has 32 heavy (non-hydrogen) atoms. The molecule has 8 nitrogen and oxygen atoms in total. The van der Waals surface area contributed by atoms with Crippen molar-refractivity contribution in [3.63, 3.8) is 0 Å². The zero-order chi connectivity index (χ0) is 23.3. The maximum atomic E-state index is 13.1. The predicted molar refractivity (Wildman–Crippen MR) is 124 cm³/mol. The number of carbonyl (C=O) groups is 1. The molecule has 0 atom stereocenters. The Morgan fingerprint density at radius 2 is 1.75 bits per heavy atom. The summed E-state index contributed by atoms with van der Waals surface area (Å²) in [5.74, 6) is 0.758. The molecule has 0 spiro atoms. The van der Waals surface area contributed by atoms with Gasteiger partial charge in [-0.15, -0.1) is 0 Å². The molecule has 0 saturated carbocycles. The van der Waals surface area contributed by atoms with Crippen molar-refractivity contribution in [3.05, 3.63) is 47.5 Å². The lowest BCUT2D eigenvalue weighted by atomic mass is 10.2. The lowest BCUT2D eigenvalue weighted by molar-refractivity contribution is -0.131. The number of halogens is 1. The Kier molecular flexibility index (Phi) is 7.86. The number of hydrogen-bond donors (Lipinski definition) is 0. The van der Waals surface area contributed by atoms with Crippen molar-refractivity contribution < 1.29 is 22.7 Å². The third-order valence-electron chi connectivity index (χ3n) is 5.32. The summed E-state index contributed by atoms with van der Waals surface area (Å²) in [6, 6.07) is 12.2. The first-order valence-electron chi connectivity index (χ1n) is 10.3. The highest BCUT2D eigenvalue weighted by molar-refractivity contribution is 7.89. The fraction of sp³-hybridized carbons (Fsp3) is 0.409. The first kappa shape index (κ1) is 24.2. The van der Waals surface area contributed by atoms with Gasteiger partial charge in [-0.05, 0) is 49.4 Å². The second-order valence-electron chi connectivity index (χ2n) is 7.35. The minimum absolute atomic E-state index is 0.0496. The Hall–Kier alpha value is -2.49. The van der Waals surface area contributed by atoms with Gasteiger partial charge in [0.15, 0.2) is 0 Å². The lowest BCUT2D eigenvalue weighted by Gasteiger charge is -2.36. The van der Waals surface area contributed by atoms with Crippen molar-refractivity contribution in [1.29, 1.82) is 0 Å². The van der Waals surface area contributed by atoms with Gasteiger partial charge in [0.1, 0.15) is 16.4 Å². The van der Waals surface area contributed by atoms with Gasteiger partial charge < -0.3 is 19.3 Å². The van der Waals surface area contributed by atoms with E-state index in [0.29, 0.717) is 32.8 Å². The summed E-state index contributed by atoms with van der Waals surface area (Å²) >= 11 is 6.01. The number of piperazine rings is 1. The molecule has 2 aromatic rings. The molecule has 0 radical (unpaired) electrons. The van der Waals surface area contributed by atoms with E-state index in [-0.39, 0.29) is 28.1 Å². The molecule has 0 bridgehead atoms. The molecular formula is C22H28ClN3O5S. The van der Waals surface area contributed by atoms with Crippen molar-refractivity contribution in [1.82, 2.24) is 9.21 Å². The topological polar surface area (TPSA) is 79.4 Å². The van der Waals surface area contributed by atoms with Crippen LogP contribution in [0, 0.1) is 0 Å². The van der Waals surface area contributed by atoms with Gasteiger partial charge in [-0.1, -0.05) is 11.6 Å². The first-order valence-corrected chi connectivity index (χ1v) is 12.1. The Morgan fingerprint density at radius 1 is 1.09 bits per heavy atom. The molecule has 174 valence electrons. The van der Waals surface area contributed by atoms with E-state index < -0.39 is 10.0 Å². The quantitative estimate of drug-likeness (QED) is 0.576. The third kappa shape index (κ3) is 5.46. The molecule has 0 unspecified atom stereocenters. The number of ether oxygens (including phenoxy) is 2. The minimum Gasteiger partial charge on any atom is -0.497 e. The molecule has 1 aliphatic rings. The molecule has 1 amide bonds. The van der Waals surface area contributed by atoms with Crippen LogP contribution >= 0.6 is 11.6 Å². The summed E-state index contributed by atoms with van der Waals surface area (Å²) in [5.41, 5.74) is 1.06. The highest BCUT2D eigenvalue weighted by Crippen LogP contribution is 2.29. The number of anilines is 1. The molecule has 3 rings (SSSR count). The van der Waals surface area contributed by atoms with Crippen molar-refractivity contribution in [2.24, 2.45) is 0 Å². The minimum atomic E-state index is -3.95. The third-order valence-corrected chi connectivity index (χ3v) is 7.38. The Labute approximate surface area is 194 Å². The summed E-state index contributed by atoms with van der Waals surface area (Å²) in [6.45, 7) is 4.17. The van der Waals surface area contributed by atoms with E-state index in [0.717, 1.165) is 15.7 Å². The molecule has 10 heteroatoms. The summed E-state index contributed by atoms with van der Waals surface area (Å²) in [5, 5.41) is 0.279. The van der Waals surface area contributed by atoms with E-state index in [4.69, 9.17) is 21.1 Å². The second kappa shape index (κ2) is 10.4. The number of hydrogen-bond acceptors (Lipinski definition) is 6. The van der Waals surface area contributed by atoms with Crippen molar-refractivity contribution >= 4 is 33.2 Å².